The van der Waals surface area contributed by atoms with E-state index in [4.69, 9.17) is 0 Å². The largest absolute Gasteiger partial charge is 0.433 e. The van der Waals surface area contributed by atoms with Crippen LogP contribution < -0.4 is 5.32 Å². The number of halogens is 3. The summed E-state index contributed by atoms with van der Waals surface area (Å²) in [7, 11) is 1.73. The number of benzene rings is 1. The lowest BCUT2D eigenvalue weighted by atomic mass is 10.2. The first-order valence-electron chi connectivity index (χ1n) is 8.70. The van der Waals surface area contributed by atoms with Crippen LogP contribution in [0.5, 0.6) is 0 Å². The van der Waals surface area contributed by atoms with Gasteiger partial charge >= 0.3 is 6.18 Å². The number of hydrogen-bond donors (Lipinski definition) is 2. The number of aryl methyl sites for hydroxylation is 1. The molecule has 0 saturated carbocycles. The van der Waals surface area contributed by atoms with E-state index >= 15 is 0 Å². The van der Waals surface area contributed by atoms with E-state index in [1.165, 1.54) is 11.3 Å². The van der Waals surface area contributed by atoms with Gasteiger partial charge in [0.1, 0.15) is 16.8 Å². The zero-order chi connectivity index (χ0) is 21.3. The molecule has 1 aromatic carbocycles. The Labute approximate surface area is 172 Å². The van der Waals surface area contributed by atoms with Gasteiger partial charge in [0.2, 0.25) is 5.95 Å². The van der Waals surface area contributed by atoms with Crippen LogP contribution in [0.15, 0.2) is 55.0 Å². The third-order valence-electron chi connectivity index (χ3n) is 4.25. The maximum absolute atomic E-state index is 12.8. The van der Waals surface area contributed by atoms with Gasteiger partial charge in [-0.2, -0.15) is 18.3 Å². The van der Waals surface area contributed by atoms with Crippen LogP contribution in [0.3, 0.4) is 0 Å². The first-order chi connectivity index (χ1) is 14.3. The van der Waals surface area contributed by atoms with E-state index in [1.54, 1.807) is 48.4 Å². The maximum atomic E-state index is 12.8. The minimum Gasteiger partial charge on any atom is -0.380 e. The van der Waals surface area contributed by atoms with Crippen molar-refractivity contribution in [3.8, 4) is 10.4 Å². The lowest BCUT2D eigenvalue weighted by Gasteiger charge is -2.09. The highest BCUT2D eigenvalue weighted by atomic mass is 32.1. The molecule has 154 valence electrons. The highest BCUT2D eigenvalue weighted by molar-refractivity contribution is 7.15. The third kappa shape index (κ3) is 4.16. The van der Waals surface area contributed by atoms with Crippen LogP contribution >= 0.6 is 11.3 Å². The molecule has 1 atom stereocenters. The van der Waals surface area contributed by atoms with Gasteiger partial charge in [-0.05, 0) is 29.8 Å². The van der Waals surface area contributed by atoms with Gasteiger partial charge in [-0.25, -0.2) is 15.0 Å². The quantitative estimate of drug-likeness (QED) is 0.492. The first kappa shape index (κ1) is 20.0. The summed E-state index contributed by atoms with van der Waals surface area (Å²) in [4.78, 5) is 12.4. The molecule has 0 radical (unpaired) electrons. The van der Waals surface area contributed by atoms with Crippen LogP contribution in [0, 0.1) is 0 Å². The lowest BCUT2D eigenvalue weighted by molar-refractivity contribution is -0.141. The fourth-order valence-electron chi connectivity index (χ4n) is 2.78. The van der Waals surface area contributed by atoms with Gasteiger partial charge in [0.25, 0.3) is 0 Å². The second kappa shape index (κ2) is 7.84. The summed E-state index contributed by atoms with van der Waals surface area (Å²) in [6, 6.07) is 9.56. The van der Waals surface area contributed by atoms with Crippen molar-refractivity contribution in [1.29, 1.82) is 0 Å². The molecule has 4 aromatic rings. The second-order valence-corrected chi connectivity index (χ2v) is 7.38. The minimum atomic E-state index is -4.55. The smallest absolute Gasteiger partial charge is 0.380 e. The average molecular weight is 432 g/mol. The molecule has 2 N–H and O–H groups in total. The van der Waals surface area contributed by atoms with E-state index < -0.39 is 18.0 Å². The Hall–Kier alpha value is -3.31. The van der Waals surface area contributed by atoms with Crippen molar-refractivity contribution in [2.45, 2.75) is 12.3 Å². The highest BCUT2D eigenvalue weighted by Gasteiger charge is 2.32. The lowest BCUT2D eigenvalue weighted by Crippen LogP contribution is -2.10. The number of nitrogens with zero attached hydrogens (tertiary/aromatic N) is 5. The molecule has 7 nitrogen and oxygen atoms in total. The maximum Gasteiger partial charge on any atom is 0.433 e. The number of rotatable bonds is 5. The van der Waals surface area contributed by atoms with Gasteiger partial charge in [0.15, 0.2) is 0 Å². The summed E-state index contributed by atoms with van der Waals surface area (Å²) >= 11 is 1.31. The molecule has 0 aliphatic heterocycles. The topological polar surface area (TPSA) is 88.8 Å². The molecule has 1 unspecified atom stereocenters. The predicted molar refractivity (Wildman–Crippen MR) is 105 cm³/mol. The third-order valence-corrected chi connectivity index (χ3v) is 5.34. The number of aliphatic hydroxyl groups excluding tert-OH is 1. The van der Waals surface area contributed by atoms with Gasteiger partial charge in [-0.1, -0.05) is 12.1 Å². The van der Waals surface area contributed by atoms with Gasteiger partial charge < -0.3 is 10.4 Å². The summed E-state index contributed by atoms with van der Waals surface area (Å²) < 4.78 is 40.1. The molecule has 0 aliphatic carbocycles. The molecule has 0 spiro atoms. The van der Waals surface area contributed by atoms with Crippen molar-refractivity contribution in [2.75, 3.05) is 5.32 Å². The zero-order valence-electron chi connectivity index (χ0n) is 15.5. The number of alkyl halides is 3. The summed E-state index contributed by atoms with van der Waals surface area (Å²) in [6.07, 6.45) is -1.17. The van der Waals surface area contributed by atoms with Crippen molar-refractivity contribution in [2.24, 2.45) is 7.05 Å². The van der Waals surface area contributed by atoms with E-state index in [-0.39, 0.29) is 5.95 Å². The van der Waals surface area contributed by atoms with Crippen LogP contribution in [0.25, 0.3) is 10.4 Å². The Kier molecular flexibility index (Phi) is 5.22. The minimum absolute atomic E-state index is 0.154. The van der Waals surface area contributed by atoms with E-state index in [0.717, 1.165) is 22.7 Å². The van der Waals surface area contributed by atoms with Crippen LogP contribution in [0.2, 0.25) is 0 Å². The van der Waals surface area contributed by atoms with Gasteiger partial charge in [0.05, 0.1) is 10.6 Å². The molecule has 30 heavy (non-hydrogen) atoms. The standard InChI is InChI=1S/C19H15F3N6OS/c1-28-13(5-8-25-28)16(29)17-24-10-14(30-17)11-3-2-4-12(9-11)26-18-23-7-6-15(27-18)19(20,21)22/h2-10,16,29H,1H3,(H,23,26,27). The van der Waals surface area contributed by atoms with Crippen molar-refractivity contribution in [3.63, 3.8) is 0 Å². The fraction of sp³-hybridized carbons (Fsp3) is 0.158. The number of aromatic nitrogens is 5. The summed E-state index contributed by atoms with van der Waals surface area (Å²) in [5.74, 6) is -0.154. The number of nitrogens with one attached hydrogen (secondary N) is 1. The monoisotopic (exact) mass is 432 g/mol. The highest BCUT2D eigenvalue weighted by Crippen LogP contribution is 2.33. The molecule has 3 heterocycles. The number of anilines is 2. The van der Waals surface area contributed by atoms with Crippen LogP contribution in [0.1, 0.15) is 22.5 Å². The van der Waals surface area contributed by atoms with E-state index in [1.807, 2.05) is 6.07 Å². The van der Waals surface area contributed by atoms with E-state index in [2.05, 4.69) is 25.4 Å². The number of thiazole rings is 1. The Balaban J connectivity index is 1.56. The molecule has 0 bridgehead atoms. The van der Waals surface area contributed by atoms with Gasteiger partial charge in [-0.3, -0.25) is 4.68 Å². The normalized spacial score (nSPS) is 12.7. The van der Waals surface area contributed by atoms with Crippen LogP contribution in [-0.2, 0) is 13.2 Å². The Bertz CT molecular complexity index is 1170. The fourth-order valence-corrected chi connectivity index (χ4v) is 3.70. The molecular formula is C19H15F3N6OS. The Morgan fingerprint density at radius 1 is 1.13 bits per heavy atom. The summed E-state index contributed by atoms with van der Waals surface area (Å²) in [5.41, 5.74) is 0.905. The molecular weight excluding hydrogens is 417 g/mol. The van der Waals surface area contributed by atoms with Crippen molar-refractivity contribution < 1.29 is 18.3 Å². The van der Waals surface area contributed by atoms with Crippen molar-refractivity contribution in [1.82, 2.24) is 24.7 Å². The second-order valence-electron chi connectivity index (χ2n) is 6.31. The number of hydrogen-bond acceptors (Lipinski definition) is 7. The van der Waals surface area contributed by atoms with Gasteiger partial charge in [0, 0.05) is 31.3 Å². The summed E-state index contributed by atoms with van der Waals surface area (Å²) in [6.45, 7) is 0. The van der Waals surface area contributed by atoms with Crippen molar-refractivity contribution >= 4 is 23.0 Å². The molecule has 0 aliphatic rings. The van der Waals surface area contributed by atoms with Crippen molar-refractivity contribution in [3.05, 3.63) is 71.4 Å². The molecule has 11 heteroatoms. The molecule has 0 amide bonds. The molecule has 0 saturated heterocycles. The molecule has 0 fully saturated rings. The molecule has 4 rings (SSSR count). The van der Waals surface area contributed by atoms with Crippen LogP contribution in [-0.4, -0.2) is 29.8 Å². The van der Waals surface area contributed by atoms with E-state index in [9.17, 15) is 18.3 Å². The SMILES string of the molecule is Cn1nccc1C(O)c1ncc(-c2cccc(Nc3nccc(C(F)(F)F)n3)c2)s1. The Morgan fingerprint density at radius 3 is 2.70 bits per heavy atom. The first-order valence-corrected chi connectivity index (χ1v) is 9.52. The average Bonchev–Trinajstić information content (AvgIpc) is 3.37. The number of aliphatic hydroxyl groups is 1. The van der Waals surface area contributed by atoms with E-state index in [0.29, 0.717) is 16.4 Å². The van der Waals surface area contributed by atoms with Crippen LogP contribution in [0.4, 0.5) is 24.8 Å². The van der Waals surface area contributed by atoms with Gasteiger partial charge in [-0.15, -0.1) is 11.3 Å². The zero-order valence-corrected chi connectivity index (χ0v) is 16.3. The summed E-state index contributed by atoms with van der Waals surface area (Å²) in [5, 5.41) is 17.9. The molecule has 3 aromatic heterocycles. The predicted octanol–water partition coefficient (Wildman–Crippen LogP) is 4.18. The Morgan fingerprint density at radius 2 is 1.97 bits per heavy atom.